The maximum atomic E-state index is 11.7. The smallest absolute Gasteiger partial charge is 0.315 e. The van der Waals surface area contributed by atoms with Crippen LogP contribution in [-0.4, -0.2) is 22.1 Å². The van der Waals surface area contributed by atoms with Crippen LogP contribution in [0.3, 0.4) is 0 Å². The van der Waals surface area contributed by atoms with Crippen LogP contribution in [0.5, 0.6) is 0 Å². The topological polar surface area (TPSA) is 72.1 Å². The molecule has 6 heteroatoms. The Morgan fingerprint density at radius 2 is 2.37 bits per heavy atom. The third-order valence-corrected chi connectivity index (χ3v) is 2.75. The van der Waals surface area contributed by atoms with Gasteiger partial charge in [-0.1, -0.05) is 0 Å². The zero-order valence-corrected chi connectivity index (χ0v) is 11.1. The van der Waals surface area contributed by atoms with E-state index in [1.165, 1.54) is 0 Å². The first-order valence-corrected chi connectivity index (χ1v) is 6.21. The maximum Gasteiger partial charge on any atom is 0.315 e. The minimum Gasteiger partial charge on any atom is -0.464 e. The molecule has 2 aromatic heterocycles. The number of urea groups is 1. The second-order valence-corrected chi connectivity index (χ2v) is 4.37. The van der Waals surface area contributed by atoms with Gasteiger partial charge in [-0.25, -0.2) is 9.78 Å². The largest absolute Gasteiger partial charge is 0.464 e. The molecule has 2 rings (SSSR count). The van der Waals surface area contributed by atoms with Crippen LogP contribution in [0.25, 0.3) is 0 Å². The van der Waals surface area contributed by atoms with E-state index >= 15 is 0 Å². The van der Waals surface area contributed by atoms with Gasteiger partial charge in [0, 0.05) is 25.5 Å². The molecule has 2 aromatic rings. The van der Waals surface area contributed by atoms with Crippen LogP contribution in [0.2, 0.25) is 0 Å². The molecule has 0 aromatic carbocycles. The molecule has 2 amide bonds. The summed E-state index contributed by atoms with van der Waals surface area (Å²) in [4.78, 5) is 15.6. The predicted octanol–water partition coefficient (Wildman–Crippen LogP) is 1.84. The monoisotopic (exact) mass is 262 g/mol. The fourth-order valence-corrected chi connectivity index (χ4v) is 1.72. The number of aryl methyl sites for hydroxylation is 1. The van der Waals surface area contributed by atoms with Crippen molar-refractivity contribution in [1.29, 1.82) is 0 Å². The van der Waals surface area contributed by atoms with Gasteiger partial charge in [-0.3, -0.25) is 0 Å². The van der Waals surface area contributed by atoms with Crippen molar-refractivity contribution < 1.29 is 9.21 Å². The molecule has 2 heterocycles. The fourth-order valence-electron chi connectivity index (χ4n) is 1.72. The predicted molar refractivity (Wildman–Crippen MR) is 70.6 cm³/mol. The fraction of sp³-hybridized carbons (Fsp3) is 0.385. The van der Waals surface area contributed by atoms with Gasteiger partial charge in [0.2, 0.25) is 0 Å². The van der Waals surface area contributed by atoms with Gasteiger partial charge in [0.25, 0.3) is 0 Å². The van der Waals surface area contributed by atoms with Crippen LogP contribution in [-0.2, 0) is 6.54 Å². The van der Waals surface area contributed by atoms with E-state index < -0.39 is 0 Å². The summed E-state index contributed by atoms with van der Waals surface area (Å²) in [6.45, 7) is 5.00. The highest BCUT2D eigenvalue weighted by Gasteiger charge is 2.11. The third kappa shape index (κ3) is 3.87. The normalized spacial score (nSPS) is 12.1. The van der Waals surface area contributed by atoms with Crippen molar-refractivity contribution in [2.75, 3.05) is 6.54 Å². The average molecular weight is 262 g/mol. The molecule has 1 unspecified atom stereocenters. The highest BCUT2D eigenvalue weighted by atomic mass is 16.3. The van der Waals surface area contributed by atoms with Crippen molar-refractivity contribution in [3.63, 3.8) is 0 Å². The Bertz CT molecular complexity index is 518. The van der Waals surface area contributed by atoms with Crippen LogP contribution >= 0.6 is 0 Å². The van der Waals surface area contributed by atoms with Crippen LogP contribution in [0, 0.1) is 6.92 Å². The number of carbonyl (C=O) groups excluding carboxylic acids is 1. The van der Waals surface area contributed by atoms with Crippen molar-refractivity contribution in [2.24, 2.45) is 0 Å². The van der Waals surface area contributed by atoms with E-state index in [9.17, 15) is 4.79 Å². The molecule has 19 heavy (non-hydrogen) atoms. The number of nitrogens with one attached hydrogen (secondary N) is 2. The summed E-state index contributed by atoms with van der Waals surface area (Å²) < 4.78 is 7.36. The van der Waals surface area contributed by atoms with E-state index in [0.29, 0.717) is 13.1 Å². The highest BCUT2D eigenvalue weighted by molar-refractivity contribution is 5.74. The van der Waals surface area contributed by atoms with Gasteiger partial charge in [0.1, 0.15) is 11.5 Å². The highest BCUT2D eigenvalue weighted by Crippen LogP contribution is 2.14. The summed E-state index contributed by atoms with van der Waals surface area (Å²) in [5.41, 5.74) is 0. The van der Waals surface area contributed by atoms with Crippen LogP contribution in [0.4, 0.5) is 4.79 Å². The van der Waals surface area contributed by atoms with E-state index in [4.69, 9.17) is 4.42 Å². The second kappa shape index (κ2) is 6.08. The molecule has 1 atom stereocenters. The van der Waals surface area contributed by atoms with Gasteiger partial charge in [-0.2, -0.15) is 0 Å². The molecule has 0 aliphatic carbocycles. The Morgan fingerprint density at radius 1 is 1.53 bits per heavy atom. The molecule has 2 N–H and O–H groups in total. The molecule has 0 spiro atoms. The zero-order chi connectivity index (χ0) is 13.7. The van der Waals surface area contributed by atoms with Gasteiger partial charge >= 0.3 is 6.03 Å². The lowest BCUT2D eigenvalue weighted by atomic mass is 10.2. The number of hydrogen-bond donors (Lipinski definition) is 2. The molecular formula is C13H18N4O2. The van der Waals surface area contributed by atoms with Crippen molar-refractivity contribution in [2.45, 2.75) is 26.4 Å². The molecule has 6 nitrogen and oxygen atoms in total. The van der Waals surface area contributed by atoms with Gasteiger partial charge < -0.3 is 19.6 Å². The van der Waals surface area contributed by atoms with E-state index in [1.807, 2.05) is 36.7 Å². The molecule has 0 fully saturated rings. The summed E-state index contributed by atoms with van der Waals surface area (Å²) in [5.74, 6) is 1.59. The number of imidazole rings is 1. The van der Waals surface area contributed by atoms with E-state index in [1.54, 1.807) is 12.5 Å². The SMILES string of the molecule is Cc1ccc(C(C)NC(=O)NCCn2ccnc2)o1. The first-order valence-electron chi connectivity index (χ1n) is 6.21. The number of nitrogens with zero attached hydrogens (tertiary/aromatic N) is 2. The lowest BCUT2D eigenvalue weighted by Gasteiger charge is -2.12. The average Bonchev–Trinajstić information content (AvgIpc) is 3.00. The maximum absolute atomic E-state index is 11.7. The molecule has 0 saturated heterocycles. The standard InChI is InChI=1S/C13H18N4O2/c1-10-3-4-12(19-10)11(2)16-13(18)15-6-8-17-7-5-14-9-17/h3-5,7,9,11H,6,8H2,1-2H3,(H2,15,16,18). The van der Waals surface area contributed by atoms with Gasteiger partial charge in [-0.15, -0.1) is 0 Å². The first kappa shape index (κ1) is 13.2. The van der Waals surface area contributed by atoms with Gasteiger partial charge in [0.15, 0.2) is 0 Å². The number of hydrogen-bond acceptors (Lipinski definition) is 3. The summed E-state index contributed by atoms with van der Waals surface area (Å²) >= 11 is 0. The third-order valence-electron chi connectivity index (χ3n) is 2.75. The Balaban J connectivity index is 1.72. The van der Waals surface area contributed by atoms with Gasteiger partial charge in [0.05, 0.1) is 12.4 Å². The second-order valence-electron chi connectivity index (χ2n) is 4.37. The summed E-state index contributed by atoms with van der Waals surface area (Å²) in [7, 11) is 0. The van der Waals surface area contributed by atoms with Crippen molar-refractivity contribution in [1.82, 2.24) is 20.2 Å². The number of carbonyl (C=O) groups is 1. The van der Waals surface area contributed by atoms with Crippen LogP contribution in [0.15, 0.2) is 35.3 Å². The molecule has 0 aliphatic rings. The molecule has 0 bridgehead atoms. The molecule has 0 aliphatic heterocycles. The van der Waals surface area contributed by atoms with Gasteiger partial charge in [-0.05, 0) is 26.0 Å². The van der Waals surface area contributed by atoms with Crippen molar-refractivity contribution >= 4 is 6.03 Å². The Kier molecular flexibility index (Phi) is 4.22. The first-order chi connectivity index (χ1) is 9.15. The number of amides is 2. The van der Waals surface area contributed by atoms with E-state index in [-0.39, 0.29) is 12.1 Å². The van der Waals surface area contributed by atoms with Crippen LogP contribution in [0.1, 0.15) is 24.5 Å². The number of rotatable bonds is 5. The molecule has 102 valence electrons. The Morgan fingerprint density at radius 3 is 3.00 bits per heavy atom. The number of furan rings is 1. The number of aromatic nitrogens is 2. The zero-order valence-electron chi connectivity index (χ0n) is 11.1. The van der Waals surface area contributed by atoms with Crippen molar-refractivity contribution in [3.8, 4) is 0 Å². The quantitative estimate of drug-likeness (QED) is 0.863. The lowest BCUT2D eigenvalue weighted by Crippen LogP contribution is -2.38. The Labute approximate surface area is 111 Å². The summed E-state index contributed by atoms with van der Waals surface area (Å²) in [6, 6.07) is 3.39. The van der Waals surface area contributed by atoms with Crippen molar-refractivity contribution in [3.05, 3.63) is 42.4 Å². The van der Waals surface area contributed by atoms with Crippen LogP contribution < -0.4 is 10.6 Å². The molecule has 0 radical (unpaired) electrons. The van der Waals surface area contributed by atoms with E-state index in [0.717, 1.165) is 11.5 Å². The minimum atomic E-state index is -0.207. The minimum absolute atomic E-state index is 0.151. The summed E-state index contributed by atoms with van der Waals surface area (Å²) in [5, 5.41) is 5.61. The lowest BCUT2D eigenvalue weighted by molar-refractivity contribution is 0.235. The molecule has 0 saturated carbocycles. The Hall–Kier alpha value is -2.24. The van der Waals surface area contributed by atoms with E-state index in [2.05, 4.69) is 15.6 Å². The summed E-state index contributed by atoms with van der Waals surface area (Å²) in [6.07, 6.45) is 5.28. The molecular weight excluding hydrogens is 244 g/mol.